The van der Waals surface area contributed by atoms with Crippen LogP contribution in [0.1, 0.15) is 0 Å². The normalized spacial score (nSPS) is 10.4. The van der Waals surface area contributed by atoms with E-state index in [0.717, 1.165) is 35.3 Å². The van der Waals surface area contributed by atoms with Crippen LogP contribution in [0.3, 0.4) is 0 Å². The van der Waals surface area contributed by atoms with Gasteiger partial charge >= 0.3 is 5.95 Å². The number of halogens is 1. The number of anilines is 1. The highest BCUT2D eigenvalue weighted by molar-refractivity contribution is 5.91. The number of nitrogens with zero attached hydrogens (tertiary/aromatic N) is 5. The van der Waals surface area contributed by atoms with Crippen molar-refractivity contribution in [3.8, 4) is 11.5 Å². The number of rotatable bonds is 7. The number of nitrogens with one attached hydrogen (secondary N) is 1. The summed E-state index contributed by atoms with van der Waals surface area (Å²) in [5.74, 6) is -1.52. The highest BCUT2D eigenvalue weighted by atomic mass is 19.1. The van der Waals surface area contributed by atoms with Gasteiger partial charge in [-0.05, 0) is 29.2 Å². The van der Waals surface area contributed by atoms with E-state index >= 15 is 0 Å². The Hall–Kier alpha value is -4.42. The summed E-state index contributed by atoms with van der Waals surface area (Å²) in [6, 6.07) is 8.57. The molecule has 1 heterocycles. The van der Waals surface area contributed by atoms with E-state index in [0.29, 0.717) is 0 Å². The molecule has 3 aromatic rings. The summed E-state index contributed by atoms with van der Waals surface area (Å²) >= 11 is 0. The van der Waals surface area contributed by atoms with E-state index in [4.69, 9.17) is 4.74 Å². The number of aromatic nitrogens is 3. The van der Waals surface area contributed by atoms with Crippen molar-refractivity contribution in [3.63, 3.8) is 0 Å². The number of carbonyl (C=O) groups excluding carboxylic acids is 1. The van der Waals surface area contributed by atoms with Crippen LogP contribution in [0.5, 0.6) is 11.5 Å². The highest BCUT2D eigenvalue weighted by Gasteiger charge is 2.17. The minimum atomic E-state index is -0.811. The predicted octanol–water partition coefficient (Wildman–Crippen LogP) is 2.66. The summed E-state index contributed by atoms with van der Waals surface area (Å²) in [7, 11) is 0. The fraction of sp³-hybridized carbons (Fsp3) is 0.0625. The number of hydrogen-bond acceptors (Lipinski definition) is 8. The Labute approximate surface area is 160 Å². The molecule has 0 atom stereocenters. The molecular weight excluding hydrogens is 391 g/mol. The van der Waals surface area contributed by atoms with Crippen LogP contribution in [0, 0.1) is 26.0 Å². The van der Waals surface area contributed by atoms with Gasteiger partial charge < -0.3 is 20.2 Å². The number of nitro benzene ring substituents is 1. The average Bonchev–Trinajstić information content (AvgIpc) is 3.12. The molecule has 0 bridgehead atoms. The van der Waals surface area contributed by atoms with Crippen molar-refractivity contribution in [2.75, 3.05) is 5.32 Å². The molecule has 1 aromatic heterocycles. The fourth-order valence-electron chi connectivity index (χ4n) is 2.25. The van der Waals surface area contributed by atoms with Crippen LogP contribution >= 0.6 is 0 Å². The third kappa shape index (κ3) is 5.06. The summed E-state index contributed by atoms with van der Waals surface area (Å²) < 4.78 is 19.4. The minimum Gasteiger partial charge on any atom is -0.457 e. The predicted molar refractivity (Wildman–Crippen MR) is 94.9 cm³/mol. The lowest BCUT2D eigenvalue weighted by molar-refractivity contribution is -0.394. The fourth-order valence-corrected chi connectivity index (χ4v) is 2.25. The number of hydrogen-bond donors (Lipinski definition) is 1. The summed E-state index contributed by atoms with van der Waals surface area (Å²) in [6.45, 7) is -0.405. The molecule has 0 fully saturated rings. The smallest absolute Gasteiger partial charge is 0.457 e. The molecule has 1 N–H and O–H groups in total. The topological polar surface area (TPSA) is 155 Å². The quantitative estimate of drug-likeness (QED) is 0.467. The van der Waals surface area contributed by atoms with Gasteiger partial charge in [0.15, 0.2) is 0 Å². The lowest BCUT2D eigenvalue weighted by Gasteiger charge is -2.09. The standard InChI is InChI=1S/C16H11FN6O6/c17-10-1-3-13(4-2-10)29-14-6-11(5-12(7-14)22(25)26)19-15(24)8-21-9-18-16(20-21)23(27)28/h1-7,9H,8H2,(H,19,24). The molecule has 2 aromatic carbocycles. The van der Waals surface area contributed by atoms with Crippen molar-refractivity contribution >= 4 is 23.2 Å². The van der Waals surface area contributed by atoms with Crippen molar-refractivity contribution in [3.05, 3.63) is 74.8 Å². The van der Waals surface area contributed by atoms with Crippen molar-refractivity contribution in [1.82, 2.24) is 14.8 Å². The number of benzene rings is 2. The third-order valence-corrected chi connectivity index (χ3v) is 3.43. The van der Waals surface area contributed by atoms with E-state index < -0.39 is 34.1 Å². The van der Waals surface area contributed by atoms with E-state index in [2.05, 4.69) is 15.4 Å². The maximum absolute atomic E-state index is 13.0. The van der Waals surface area contributed by atoms with Crippen LogP contribution in [-0.4, -0.2) is 30.5 Å². The van der Waals surface area contributed by atoms with Crippen molar-refractivity contribution < 1.29 is 23.8 Å². The Morgan fingerprint density at radius 3 is 2.45 bits per heavy atom. The molecule has 0 radical (unpaired) electrons. The van der Waals surface area contributed by atoms with Crippen molar-refractivity contribution in [2.24, 2.45) is 0 Å². The first-order chi connectivity index (χ1) is 13.8. The van der Waals surface area contributed by atoms with Crippen LogP contribution < -0.4 is 10.1 Å². The lowest BCUT2D eigenvalue weighted by Crippen LogP contribution is -2.19. The number of ether oxygens (including phenoxy) is 1. The average molecular weight is 402 g/mol. The highest BCUT2D eigenvalue weighted by Crippen LogP contribution is 2.29. The molecule has 3 rings (SSSR count). The van der Waals surface area contributed by atoms with Gasteiger partial charge in [0, 0.05) is 17.2 Å². The molecule has 0 aliphatic carbocycles. The summed E-state index contributed by atoms with van der Waals surface area (Å²) in [6.07, 6.45) is 1.01. The van der Waals surface area contributed by atoms with Crippen LogP contribution in [-0.2, 0) is 11.3 Å². The monoisotopic (exact) mass is 402 g/mol. The van der Waals surface area contributed by atoms with Crippen molar-refractivity contribution in [2.45, 2.75) is 6.54 Å². The van der Waals surface area contributed by atoms with Gasteiger partial charge in [0.1, 0.15) is 23.9 Å². The molecule has 0 aliphatic heterocycles. The van der Waals surface area contributed by atoms with Crippen LogP contribution in [0.2, 0.25) is 0 Å². The number of amides is 1. The van der Waals surface area contributed by atoms with E-state index in [1.165, 1.54) is 18.2 Å². The lowest BCUT2D eigenvalue weighted by atomic mass is 10.2. The Morgan fingerprint density at radius 2 is 1.83 bits per heavy atom. The van der Waals surface area contributed by atoms with Gasteiger partial charge in [-0.1, -0.05) is 4.98 Å². The molecule has 1 amide bonds. The Bertz CT molecular complexity index is 1080. The SMILES string of the molecule is O=C(Cn1cnc([N+](=O)[O-])n1)Nc1cc(Oc2ccc(F)cc2)cc([N+](=O)[O-])c1. The first kappa shape index (κ1) is 19.3. The second-order valence-electron chi connectivity index (χ2n) is 5.58. The maximum Gasteiger partial charge on any atom is 0.490 e. The summed E-state index contributed by atoms with van der Waals surface area (Å²) in [4.78, 5) is 35.8. The Morgan fingerprint density at radius 1 is 1.10 bits per heavy atom. The van der Waals surface area contributed by atoms with Gasteiger partial charge in [-0.2, -0.15) is 4.68 Å². The number of carbonyl (C=O) groups is 1. The molecule has 0 aliphatic rings. The number of non-ortho nitro benzene ring substituents is 1. The Kier molecular flexibility index (Phi) is 5.39. The van der Waals surface area contributed by atoms with Crippen molar-refractivity contribution in [1.29, 1.82) is 0 Å². The molecule has 12 nitrogen and oxygen atoms in total. The zero-order valence-electron chi connectivity index (χ0n) is 14.4. The zero-order chi connectivity index (χ0) is 21.0. The first-order valence-corrected chi connectivity index (χ1v) is 7.87. The Balaban J connectivity index is 1.77. The van der Waals surface area contributed by atoms with Crippen LogP contribution in [0.25, 0.3) is 0 Å². The molecular formula is C16H11FN6O6. The molecule has 13 heteroatoms. The van der Waals surface area contributed by atoms with Gasteiger partial charge in [0.25, 0.3) is 5.69 Å². The zero-order valence-corrected chi connectivity index (χ0v) is 14.4. The van der Waals surface area contributed by atoms with E-state index in [9.17, 15) is 29.4 Å². The van der Waals surface area contributed by atoms with Gasteiger partial charge in [-0.3, -0.25) is 14.9 Å². The number of nitro groups is 2. The van der Waals surface area contributed by atoms with Gasteiger partial charge in [0.2, 0.25) is 12.2 Å². The summed E-state index contributed by atoms with van der Waals surface area (Å²) in [5, 5.41) is 27.6. The molecule has 148 valence electrons. The van der Waals surface area contributed by atoms with Crippen LogP contribution in [0.15, 0.2) is 48.8 Å². The minimum absolute atomic E-state index is 0.0394. The second kappa shape index (κ2) is 8.08. The summed E-state index contributed by atoms with van der Waals surface area (Å²) in [5.41, 5.74) is -0.299. The second-order valence-corrected chi connectivity index (χ2v) is 5.58. The molecule has 0 unspecified atom stereocenters. The first-order valence-electron chi connectivity index (χ1n) is 7.87. The van der Waals surface area contributed by atoms with Gasteiger partial charge in [-0.25, -0.2) is 4.39 Å². The van der Waals surface area contributed by atoms with E-state index in [1.54, 1.807) is 0 Å². The maximum atomic E-state index is 13.0. The third-order valence-electron chi connectivity index (χ3n) is 3.43. The molecule has 0 saturated carbocycles. The molecule has 29 heavy (non-hydrogen) atoms. The van der Waals surface area contributed by atoms with E-state index in [1.807, 2.05) is 0 Å². The molecule has 0 spiro atoms. The molecule has 0 saturated heterocycles. The van der Waals surface area contributed by atoms with Gasteiger partial charge in [-0.15, -0.1) is 0 Å². The van der Waals surface area contributed by atoms with E-state index in [-0.39, 0.29) is 22.9 Å². The largest absolute Gasteiger partial charge is 0.490 e. The van der Waals surface area contributed by atoms with Crippen LogP contribution in [0.4, 0.5) is 21.7 Å². The van der Waals surface area contributed by atoms with Gasteiger partial charge in [0.05, 0.1) is 16.7 Å².